The second-order valence-corrected chi connectivity index (χ2v) is 9.73. The average molecular weight is 605 g/mol. The fourth-order valence-electron chi connectivity index (χ4n) is 4.99. The van der Waals surface area contributed by atoms with E-state index in [1.165, 1.54) is 27.3 Å². The topological polar surface area (TPSA) is 103 Å². The number of aromatic nitrogens is 4. The van der Waals surface area contributed by atoms with Gasteiger partial charge in [-0.2, -0.15) is 26.3 Å². The van der Waals surface area contributed by atoms with Crippen molar-refractivity contribution in [2.75, 3.05) is 34.0 Å². The number of nitrogens with one attached hydrogen (secondary N) is 1. The van der Waals surface area contributed by atoms with E-state index in [0.29, 0.717) is 17.8 Å². The Kier molecular flexibility index (Phi) is 9.03. The zero-order valence-corrected chi connectivity index (χ0v) is 23.2. The molecule has 3 aromatic rings. The van der Waals surface area contributed by atoms with Crippen LogP contribution in [-0.4, -0.2) is 82.7 Å². The number of amides is 2. The van der Waals surface area contributed by atoms with Gasteiger partial charge >= 0.3 is 18.4 Å². The van der Waals surface area contributed by atoms with Gasteiger partial charge in [0.25, 0.3) is 5.88 Å². The molecule has 1 saturated heterocycles. The highest BCUT2D eigenvalue weighted by molar-refractivity contribution is 5.76. The number of urea groups is 1. The number of carbonyl (C=O) groups excluding carboxylic acids is 1. The molecule has 42 heavy (non-hydrogen) atoms. The van der Waals surface area contributed by atoms with Crippen molar-refractivity contribution in [3.05, 3.63) is 36.0 Å². The molecule has 0 aliphatic carbocycles. The van der Waals surface area contributed by atoms with Gasteiger partial charge in [0.2, 0.25) is 5.65 Å². The van der Waals surface area contributed by atoms with Crippen molar-refractivity contribution in [1.82, 2.24) is 29.6 Å². The van der Waals surface area contributed by atoms with Crippen LogP contribution in [0.15, 0.2) is 24.7 Å². The summed E-state index contributed by atoms with van der Waals surface area (Å²) < 4.78 is 103. The van der Waals surface area contributed by atoms with Crippen LogP contribution in [0, 0.1) is 12.8 Å². The molecule has 4 rings (SSSR count). The lowest BCUT2D eigenvalue weighted by Crippen LogP contribution is -2.57. The Morgan fingerprint density at radius 3 is 2.48 bits per heavy atom. The van der Waals surface area contributed by atoms with E-state index in [9.17, 15) is 31.1 Å². The fraction of sp³-hybridized carbons (Fsp3) is 0.538. The number of hydrogen-bond donors (Lipinski definition) is 1. The van der Waals surface area contributed by atoms with Crippen molar-refractivity contribution < 1.29 is 45.3 Å². The number of methoxy groups -OCH3 is 2. The van der Waals surface area contributed by atoms with Crippen LogP contribution in [0.4, 0.5) is 31.1 Å². The van der Waals surface area contributed by atoms with Crippen LogP contribution in [-0.2, 0) is 4.74 Å². The van der Waals surface area contributed by atoms with E-state index in [1.54, 1.807) is 22.8 Å². The summed E-state index contributed by atoms with van der Waals surface area (Å²) in [5, 5.41) is 1.80. The van der Waals surface area contributed by atoms with Crippen LogP contribution in [0.5, 0.6) is 11.6 Å². The third-order valence-corrected chi connectivity index (χ3v) is 6.91. The monoisotopic (exact) mass is 604 g/mol. The molecule has 16 heteroatoms. The molecule has 1 aliphatic rings. The third-order valence-electron chi connectivity index (χ3n) is 6.91. The second kappa shape index (κ2) is 12.2. The lowest BCUT2D eigenvalue weighted by Gasteiger charge is -2.36. The summed E-state index contributed by atoms with van der Waals surface area (Å²) in [6.07, 6.45) is -5.39. The Bertz CT molecular complexity index is 1410. The number of ether oxygens (including phenoxy) is 3. The molecule has 1 N–H and O–H groups in total. The third kappa shape index (κ3) is 6.47. The minimum atomic E-state index is -5.11. The van der Waals surface area contributed by atoms with Gasteiger partial charge in [-0.1, -0.05) is 0 Å². The maximum absolute atomic E-state index is 14.6. The highest BCUT2D eigenvalue weighted by Crippen LogP contribution is 2.41. The molecular weight excluding hydrogens is 574 g/mol. The van der Waals surface area contributed by atoms with E-state index in [4.69, 9.17) is 14.2 Å². The first-order valence-electron chi connectivity index (χ1n) is 13.0. The molecule has 4 heterocycles. The van der Waals surface area contributed by atoms with Gasteiger partial charge < -0.3 is 28.8 Å². The van der Waals surface area contributed by atoms with Crippen LogP contribution in [0.25, 0.3) is 16.9 Å². The van der Waals surface area contributed by atoms with Crippen molar-refractivity contribution in [3.8, 4) is 22.9 Å². The molecule has 3 atom stereocenters. The number of carbonyl (C=O) groups is 1. The highest BCUT2D eigenvalue weighted by Gasteiger charge is 2.50. The van der Waals surface area contributed by atoms with Gasteiger partial charge in [0.15, 0.2) is 6.04 Å². The molecule has 3 aromatic heterocycles. The Morgan fingerprint density at radius 1 is 1.17 bits per heavy atom. The molecule has 2 amide bonds. The molecule has 230 valence electrons. The number of nitrogens with zero attached hydrogens (tertiary/aromatic N) is 5. The summed E-state index contributed by atoms with van der Waals surface area (Å²) in [5.41, 5.74) is 0.569. The van der Waals surface area contributed by atoms with Gasteiger partial charge in [-0.25, -0.2) is 14.8 Å². The number of halogens is 6. The van der Waals surface area contributed by atoms with Crippen LogP contribution < -0.4 is 14.8 Å². The smallest absolute Gasteiger partial charge is 0.414 e. The summed E-state index contributed by atoms with van der Waals surface area (Å²) in [4.78, 5) is 26.0. The molecule has 0 saturated carbocycles. The predicted octanol–water partition coefficient (Wildman–Crippen LogP) is 5.11. The van der Waals surface area contributed by atoms with Crippen LogP contribution in [0.1, 0.15) is 37.2 Å². The Hall–Kier alpha value is -3.82. The molecule has 1 aliphatic heterocycles. The zero-order valence-electron chi connectivity index (χ0n) is 23.2. The van der Waals surface area contributed by atoms with Crippen molar-refractivity contribution >= 4 is 11.7 Å². The van der Waals surface area contributed by atoms with E-state index in [0.717, 1.165) is 12.3 Å². The first-order chi connectivity index (χ1) is 19.8. The molecule has 1 fully saturated rings. The largest absolute Gasteiger partial charge is 0.494 e. The van der Waals surface area contributed by atoms with Crippen molar-refractivity contribution in [2.45, 2.75) is 51.1 Å². The maximum Gasteiger partial charge on any atom is 0.414 e. The maximum atomic E-state index is 14.6. The first kappa shape index (κ1) is 31.1. The average Bonchev–Trinajstić information content (AvgIpc) is 3.32. The van der Waals surface area contributed by atoms with E-state index >= 15 is 0 Å². The molecular formula is C26H30F6N6O4. The van der Waals surface area contributed by atoms with Crippen molar-refractivity contribution in [2.24, 2.45) is 5.92 Å². The lowest BCUT2D eigenvalue weighted by atomic mass is 9.93. The van der Waals surface area contributed by atoms with E-state index in [1.807, 2.05) is 0 Å². The van der Waals surface area contributed by atoms with E-state index < -0.39 is 48.6 Å². The van der Waals surface area contributed by atoms with Gasteiger partial charge in [-0.05, 0) is 32.8 Å². The molecule has 0 aromatic carbocycles. The van der Waals surface area contributed by atoms with Crippen LogP contribution in [0.2, 0.25) is 0 Å². The van der Waals surface area contributed by atoms with Crippen LogP contribution in [0.3, 0.4) is 0 Å². The Morgan fingerprint density at radius 2 is 1.90 bits per heavy atom. The standard InChI is InChI=1S/C26H30F6N6O4/c1-5-38(24(39)36-20(25(27,28)29)15-7-6-8-42-13-15)21(26(30,31)32)17-9-16(19(40-3)10-33-17)18-12-37-11-14(2)34-22(37)23(35-18)41-4/h9-12,15,20-21H,5-8,13H2,1-4H3,(H,36,39)/t15?,20?,21-/m0/s1. The number of pyridine rings is 1. The summed E-state index contributed by atoms with van der Waals surface area (Å²) in [7, 11) is 2.65. The summed E-state index contributed by atoms with van der Waals surface area (Å²) in [5.74, 6) is -0.987. The van der Waals surface area contributed by atoms with Gasteiger partial charge in [0.1, 0.15) is 11.8 Å². The summed E-state index contributed by atoms with van der Waals surface area (Å²) in [6.45, 7) is 2.39. The number of rotatable bonds is 8. The zero-order chi connectivity index (χ0) is 30.8. The number of hydrogen-bond acceptors (Lipinski definition) is 7. The van der Waals surface area contributed by atoms with Gasteiger partial charge in [0, 0.05) is 37.0 Å². The van der Waals surface area contributed by atoms with Crippen LogP contribution >= 0.6 is 0 Å². The number of imidazole rings is 1. The Balaban J connectivity index is 1.76. The van der Waals surface area contributed by atoms with Gasteiger partial charge in [-0.15, -0.1) is 0 Å². The minimum Gasteiger partial charge on any atom is -0.494 e. The molecule has 0 bridgehead atoms. The molecule has 2 unspecified atom stereocenters. The fourth-order valence-corrected chi connectivity index (χ4v) is 4.99. The SMILES string of the molecule is CCN(C(=O)NC(C1CCCOC1)C(F)(F)F)[C@@H](c1cc(-c2cn3cc(C)nc3c(OC)n2)c(OC)cn1)C(F)(F)F. The van der Waals surface area contributed by atoms with E-state index in [2.05, 4.69) is 15.0 Å². The number of fused-ring (bicyclic) bond motifs is 1. The second-order valence-electron chi connectivity index (χ2n) is 9.73. The first-order valence-corrected chi connectivity index (χ1v) is 13.0. The quantitative estimate of drug-likeness (QED) is 0.357. The number of aryl methyl sites for hydroxylation is 1. The Labute approximate surface area is 237 Å². The van der Waals surface area contributed by atoms with Gasteiger partial charge in [0.05, 0.1) is 44.1 Å². The molecule has 0 spiro atoms. The minimum absolute atomic E-state index is 0.0624. The predicted molar refractivity (Wildman–Crippen MR) is 137 cm³/mol. The van der Waals surface area contributed by atoms with E-state index in [-0.39, 0.29) is 47.4 Å². The highest BCUT2D eigenvalue weighted by atomic mass is 19.4. The van der Waals surface area contributed by atoms with Gasteiger partial charge in [-0.3, -0.25) is 4.98 Å². The summed E-state index contributed by atoms with van der Waals surface area (Å²) >= 11 is 0. The number of alkyl halides is 6. The molecule has 0 radical (unpaired) electrons. The molecule has 10 nitrogen and oxygen atoms in total. The lowest BCUT2D eigenvalue weighted by molar-refractivity contribution is -0.184. The van der Waals surface area contributed by atoms with Crippen molar-refractivity contribution in [1.29, 1.82) is 0 Å². The summed E-state index contributed by atoms with van der Waals surface area (Å²) in [6, 6.07) is -5.58. The van der Waals surface area contributed by atoms with Crippen molar-refractivity contribution in [3.63, 3.8) is 0 Å². The normalized spacial score (nSPS) is 17.5.